The summed E-state index contributed by atoms with van der Waals surface area (Å²) in [5.41, 5.74) is 2.13. The second-order valence-electron chi connectivity index (χ2n) is 5.91. The average Bonchev–Trinajstić information content (AvgIpc) is 2.93. The second-order valence-corrected chi connectivity index (χ2v) is 7.84. The van der Waals surface area contributed by atoms with Crippen molar-refractivity contribution in [2.45, 2.75) is 18.4 Å². The van der Waals surface area contributed by atoms with E-state index in [0.29, 0.717) is 0 Å². The van der Waals surface area contributed by atoms with Gasteiger partial charge in [0.25, 0.3) is 0 Å². The van der Waals surface area contributed by atoms with Crippen molar-refractivity contribution in [3.63, 3.8) is 0 Å². The summed E-state index contributed by atoms with van der Waals surface area (Å²) in [6, 6.07) is 19.3. The van der Waals surface area contributed by atoms with Gasteiger partial charge in [-0.15, -0.1) is 0 Å². The van der Waals surface area contributed by atoms with E-state index in [4.69, 9.17) is 0 Å². The van der Waals surface area contributed by atoms with E-state index < -0.39 is 15.9 Å². The molecule has 1 aliphatic heterocycles. The maximum Gasteiger partial charge on any atom is 0.221 e. The van der Waals surface area contributed by atoms with Gasteiger partial charge >= 0.3 is 0 Å². The molecule has 1 N–H and O–H groups in total. The molecule has 3 rings (SSSR count). The third-order valence-corrected chi connectivity index (χ3v) is 5.47. The maximum atomic E-state index is 12.4. The Morgan fingerprint density at radius 1 is 1.00 bits per heavy atom. The molecule has 124 valence electrons. The molecule has 5 heteroatoms. The van der Waals surface area contributed by atoms with Crippen molar-refractivity contribution in [3.8, 4) is 0 Å². The van der Waals surface area contributed by atoms with Crippen LogP contribution >= 0.6 is 0 Å². The molecule has 2 aromatic carbocycles. The maximum absolute atomic E-state index is 12.4. The van der Waals surface area contributed by atoms with Gasteiger partial charge in [-0.3, -0.25) is 4.79 Å². The lowest BCUT2D eigenvalue weighted by atomic mass is 9.88. The van der Waals surface area contributed by atoms with E-state index in [9.17, 15) is 13.2 Å². The van der Waals surface area contributed by atoms with Gasteiger partial charge in [-0.05, 0) is 17.2 Å². The summed E-state index contributed by atoms with van der Waals surface area (Å²) in [5, 5.41) is 3.97. The topological polar surface area (TPSA) is 63.2 Å². The Hall–Kier alpha value is -2.40. The highest BCUT2D eigenvalue weighted by Crippen LogP contribution is 2.27. The van der Waals surface area contributed by atoms with Crippen molar-refractivity contribution in [1.82, 2.24) is 5.32 Å². The minimum Gasteiger partial charge on any atom is -0.349 e. The summed E-state index contributed by atoms with van der Waals surface area (Å²) < 4.78 is 22.9. The van der Waals surface area contributed by atoms with Gasteiger partial charge in [-0.1, -0.05) is 60.7 Å². The SMILES string of the molecule is O=C(CC(c1ccccc1)c1ccccc1)NC1C=CS(=O)(=O)C1. The molecule has 0 bridgehead atoms. The number of benzene rings is 2. The molecular weight excluding hydrogens is 322 g/mol. The lowest BCUT2D eigenvalue weighted by Gasteiger charge is -2.19. The van der Waals surface area contributed by atoms with Crippen molar-refractivity contribution in [3.05, 3.63) is 83.3 Å². The molecular formula is C19H19NO3S. The zero-order valence-electron chi connectivity index (χ0n) is 13.1. The van der Waals surface area contributed by atoms with Crippen LogP contribution in [0.15, 0.2) is 72.1 Å². The zero-order chi connectivity index (χ0) is 17.0. The molecule has 1 unspecified atom stereocenters. The minimum absolute atomic E-state index is 0.0555. The Balaban J connectivity index is 1.75. The lowest BCUT2D eigenvalue weighted by molar-refractivity contribution is -0.121. The van der Waals surface area contributed by atoms with Crippen LogP contribution in [0.4, 0.5) is 0 Å². The summed E-state index contributed by atoms with van der Waals surface area (Å²) in [6.45, 7) is 0. The largest absolute Gasteiger partial charge is 0.349 e. The molecule has 0 radical (unpaired) electrons. The van der Waals surface area contributed by atoms with E-state index in [2.05, 4.69) is 5.32 Å². The fraction of sp³-hybridized carbons (Fsp3) is 0.211. The fourth-order valence-corrected chi connectivity index (χ4v) is 4.15. The molecule has 0 saturated heterocycles. The molecule has 0 aliphatic carbocycles. The van der Waals surface area contributed by atoms with Gasteiger partial charge < -0.3 is 5.32 Å². The Morgan fingerprint density at radius 2 is 1.54 bits per heavy atom. The van der Waals surface area contributed by atoms with Crippen LogP contribution in [0, 0.1) is 0 Å². The number of hydrogen-bond acceptors (Lipinski definition) is 3. The Morgan fingerprint density at radius 3 is 2.00 bits per heavy atom. The smallest absolute Gasteiger partial charge is 0.221 e. The van der Waals surface area contributed by atoms with Crippen molar-refractivity contribution in [2.75, 3.05) is 5.75 Å². The number of carbonyl (C=O) groups excluding carboxylic acids is 1. The van der Waals surface area contributed by atoms with Gasteiger partial charge in [-0.2, -0.15) is 0 Å². The number of carbonyl (C=O) groups is 1. The minimum atomic E-state index is -3.17. The van der Waals surface area contributed by atoms with Crippen LogP contribution in [-0.4, -0.2) is 26.1 Å². The summed E-state index contributed by atoms with van der Waals surface area (Å²) in [7, 11) is -3.17. The van der Waals surface area contributed by atoms with E-state index in [1.54, 1.807) is 0 Å². The highest BCUT2D eigenvalue weighted by atomic mass is 32.2. The van der Waals surface area contributed by atoms with Crippen LogP contribution in [0.5, 0.6) is 0 Å². The Kier molecular flexibility index (Phi) is 4.81. The summed E-state index contributed by atoms with van der Waals surface area (Å²) in [5.74, 6) is -0.270. The van der Waals surface area contributed by atoms with Crippen LogP contribution in [-0.2, 0) is 14.6 Å². The van der Waals surface area contributed by atoms with Crippen LogP contribution < -0.4 is 5.32 Å². The van der Waals surface area contributed by atoms with Gasteiger partial charge in [0.2, 0.25) is 5.91 Å². The van der Waals surface area contributed by atoms with E-state index in [1.165, 1.54) is 11.5 Å². The summed E-state index contributed by atoms with van der Waals surface area (Å²) in [6.07, 6.45) is 1.81. The van der Waals surface area contributed by atoms with Crippen LogP contribution in [0.1, 0.15) is 23.5 Å². The van der Waals surface area contributed by atoms with E-state index in [0.717, 1.165) is 11.1 Å². The molecule has 1 atom stereocenters. The Labute approximate surface area is 142 Å². The van der Waals surface area contributed by atoms with Gasteiger partial charge in [0.05, 0.1) is 11.8 Å². The van der Waals surface area contributed by atoms with E-state index >= 15 is 0 Å². The predicted octanol–water partition coefficient (Wildman–Crippen LogP) is 2.64. The van der Waals surface area contributed by atoms with E-state index in [-0.39, 0.29) is 24.0 Å². The van der Waals surface area contributed by atoms with Crippen molar-refractivity contribution >= 4 is 15.7 Å². The van der Waals surface area contributed by atoms with Crippen LogP contribution in [0.2, 0.25) is 0 Å². The van der Waals surface area contributed by atoms with Crippen molar-refractivity contribution in [1.29, 1.82) is 0 Å². The summed E-state index contributed by atoms with van der Waals surface area (Å²) in [4.78, 5) is 12.4. The number of hydrogen-bond donors (Lipinski definition) is 1. The molecule has 0 fully saturated rings. The van der Waals surface area contributed by atoms with Crippen LogP contribution in [0.3, 0.4) is 0 Å². The van der Waals surface area contributed by atoms with Crippen molar-refractivity contribution < 1.29 is 13.2 Å². The second kappa shape index (κ2) is 7.01. The van der Waals surface area contributed by atoms with Gasteiger partial charge in [0.1, 0.15) is 0 Å². The normalized spacial score (nSPS) is 18.6. The molecule has 0 aromatic heterocycles. The third-order valence-electron chi connectivity index (χ3n) is 4.07. The third kappa shape index (κ3) is 4.11. The number of nitrogens with one attached hydrogen (secondary N) is 1. The first-order chi connectivity index (χ1) is 11.5. The summed E-state index contributed by atoms with van der Waals surface area (Å²) >= 11 is 0. The molecule has 0 spiro atoms. The first-order valence-electron chi connectivity index (χ1n) is 7.84. The molecule has 2 aromatic rings. The molecule has 1 aliphatic rings. The van der Waals surface area contributed by atoms with Crippen LogP contribution in [0.25, 0.3) is 0 Å². The average molecular weight is 341 g/mol. The standard InChI is InChI=1S/C19H19NO3S/c21-19(20-17-11-12-24(22,23)14-17)13-18(15-7-3-1-4-8-15)16-9-5-2-6-10-16/h1-12,17-18H,13-14H2,(H,20,21). The zero-order valence-corrected chi connectivity index (χ0v) is 13.9. The monoisotopic (exact) mass is 341 g/mol. The number of amides is 1. The first-order valence-corrected chi connectivity index (χ1v) is 9.55. The highest BCUT2D eigenvalue weighted by molar-refractivity contribution is 7.94. The fourth-order valence-electron chi connectivity index (χ4n) is 2.92. The van der Waals surface area contributed by atoms with E-state index in [1.807, 2.05) is 60.7 Å². The quantitative estimate of drug-likeness (QED) is 0.909. The molecule has 1 heterocycles. The van der Waals surface area contributed by atoms with Gasteiger partial charge in [-0.25, -0.2) is 8.42 Å². The van der Waals surface area contributed by atoms with Gasteiger partial charge in [0, 0.05) is 17.7 Å². The molecule has 4 nitrogen and oxygen atoms in total. The van der Waals surface area contributed by atoms with Crippen molar-refractivity contribution in [2.24, 2.45) is 0 Å². The predicted molar refractivity (Wildman–Crippen MR) is 94.2 cm³/mol. The lowest BCUT2D eigenvalue weighted by Crippen LogP contribution is -2.36. The molecule has 0 saturated carbocycles. The highest BCUT2D eigenvalue weighted by Gasteiger charge is 2.25. The Bertz CT molecular complexity index is 790. The van der Waals surface area contributed by atoms with Gasteiger partial charge in [0.15, 0.2) is 9.84 Å². The number of sulfone groups is 1. The molecule has 24 heavy (non-hydrogen) atoms. The first kappa shape index (κ1) is 16.5. The molecule has 1 amide bonds. The number of rotatable bonds is 5.